The second-order valence-electron chi connectivity index (χ2n) is 5.02. The minimum Gasteiger partial charge on any atom is -0.399 e. The molecule has 3 aromatic rings. The number of nitrogens with two attached hydrogens (primary N) is 1. The smallest absolute Gasteiger partial charge is 0.399 e. The van der Waals surface area contributed by atoms with Gasteiger partial charge in [-0.15, -0.1) is 0 Å². The minimum absolute atomic E-state index is 0.00997. The third-order valence-corrected chi connectivity index (χ3v) is 3.21. The first-order valence-electron chi connectivity index (χ1n) is 6.76. The molecule has 1 heterocycles. The lowest BCUT2D eigenvalue weighted by atomic mass is 10.1. The first-order valence-corrected chi connectivity index (χ1v) is 6.76. The number of halogens is 3. The maximum absolute atomic E-state index is 12.8. The van der Waals surface area contributed by atoms with Gasteiger partial charge in [0.25, 0.3) is 0 Å². The second kappa shape index (κ2) is 5.75. The molecule has 7 heteroatoms. The van der Waals surface area contributed by atoms with Gasteiger partial charge in [-0.3, -0.25) is 0 Å². The Morgan fingerprint density at radius 1 is 1.04 bits per heavy atom. The molecule has 2 aromatic carbocycles. The molecule has 0 atom stereocenters. The van der Waals surface area contributed by atoms with Crippen LogP contribution in [0.4, 0.5) is 18.9 Å². The molecule has 0 radical (unpaired) electrons. The number of hydrogen-bond donors (Lipinski definition) is 1. The number of rotatable bonds is 3. The van der Waals surface area contributed by atoms with Crippen molar-refractivity contribution in [1.82, 2.24) is 10.1 Å². The predicted octanol–water partition coefficient (Wildman–Crippen LogP) is 3.93. The van der Waals surface area contributed by atoms with Gasteiger partial charge in [0, 0.05) is 11.3 Å². The Kier molecular flexibility index (Phi) is 3.77. The van der Waals surface area contributed by atoms with Crippen molar-refractivity contribution in [2.75, 3.05) is 5.73 Å². The van der Waals surface area contributed by atoms with Crippen LogP contribution in [0, 0.1) is 0 Å². The molecule has 0 unspecified atom stereocenters. The van der Waals surface area contributed by atoms with Crippen molar-refractivity contribution in [2.24, 2.45) is 0 Å². The zero-order chi connectivity index (χ0) is 16.4. The van der Waals surface area contributed by atoms with E-state index in [0.717, 1.165) is 17.7 Å². The van der Waals surface area contributed by atoms with Gasteiger partial charge < -0.3 is 10.3 Å². The molecule has 2 N–H and O–H groups in total. The van der Waals surface area contributed by atoms with E-state index in [1.54, 1.807) is 0 Å². The first kappa shape index (κ1) is 15.1. The van der Waals surface area contributed by atoms with Gasteiger partial charge in [-0.2, -0.15) is 18.2 Å². The number of anilines is 1. The van der Waals surface area contributed by atoms with Gasteiger partial charge in [-0.05, 0) is 23.8 Å². The summed E-state index contributed by atoms with van der Waals surface area (Å²) in [6.45, 7) is 0. The molecular weight excluding hydrogens is 307 g/mol. The van der Waals surface area contributed by atoms with E-state index in [9.17, 15) is 13.2 Å². The lowest BCUT2D eigenvalue weighted by Crippen LogP contribution is -2.06. The number of alkyl halides is 3. The number of benzene rings is 2. The Hall–Kier alpha value is -2.83. The highest BCUT2D eigenvalue weighted by Crippen LogP contribution is 2.33. The summed E-state index contributed by atoms with van der Waals surface area (Å²) in [5.74, 6) is 0.399. The highest BCUT2D eigenvalue weighted by molar-refractivity contribution is 5.63. The third kappa shape index (κ3) is 3.50. The van der Waals surface area contributed by atoms with Gasteiger partial charge in [0.05, 0.1) is 12.0 Å². The molecular formula is C16H12F3N3O. The zero-order valence-corrected chi connectivity index (χ0v) is 11.8. The first-order chi connectivity index (χ1) is 10.9. The SMILES string of the molecule is Nc1cc(-c2noc(Cc3ccccc3)n2)cc(C(F)(F)F)c1. The van der Waals surface area contributed by atoms with Gasteiger partial charge in [0.1, 0.15) is 0 Å². The molecule has 0 aliphatic rings. The highest BCUT2D eigenvalue weighted by Gasteiger charge is 2.31. The van der Waals surface area contributed by atoms with Gasteiger partial charge in [0.15, 0.2) is 0 Å². The maximum Gasteiger partial charge on any atom is 0.416 e. The van der Waals surface area contributed by atoms with Gasteiger partial charge in [-0.1, -0.05) is 35.5 Å². The van der Waals surface area contributed by atoms with Crippen LogP contribution in [0.5, 0.6) is 0 Å². The molecule has 0 spiro atoms. The summed E-state index contributed by atoms with van der Waals surface area (Å²) in [5.41, 5.74) is 5.81. The van der Waals surface area contributed by atoms with Crippen molar-refractivity contribution < 1.29 is 17.7 Å². The van der Waals surface area contributed by atoms with Crippen LogP contribution in [0.2, 0.25) is 0 Å². The number of nitrogen functional groups attached to an aromatic ring is 1. The van der Waals surface area contributed by atoms with Crippen molar-refractivity contribution in [3.63, 3.8) is 0 Å². The molecule has 0 aliphatic heterocycles. The molecule has 1 aromatic heterocycles. The summed E-state index contributed by atoms with van der Waals surface area (Å²) >= 11 is 0. The fourth-order valence-electron chi connectivity index (χ4n) is 2.16. The van der Waals surface area contributed by atoms with Crippen LogP contribution in [-0.4, -0.2) is 10.1 Å². The normalized spacial score (nSPS) is 11.6. The molecule has 23 heavy (non-hydrogen) atoms. The molecule has 0 saturated heterocycles. The third-order valence-electron chi connectivity index (χ3n) is 3.21. The van der Waals surface area contributed by atoms with Crippen LogP contribution in [0.25, 0.3) is 11.4 Å². The number of hydrogen-bond acceptors (Lipinski definition) is 4. The van der Waals surface area contributed by atoms with E-state index in [1.807, 2.05) is 30.3 Å². The Morgan fingerprint density at radius 3 is 2.48 bits per heavy atom. The molecule has 0 amide bonds. The highest BCUT2D eigenvalue weighted by atomic mass is 19.4. The van der Waals surface area contributed by atoms with E-state index in [4.69, 9.17) is 10.3 Å². The fraction of sp³-hybridized carbons (Fsp3) is 0.125. The van der Waals surface area contributed by atoms with E-state index in [-0.39, 0.29) is 17.1 Å². The molecule has 0 aliphatic carbocycles. The summed E-state index contributed by atoms with van der Waals surface area (Å²) in [6, 6.07) is 12.6. The predicted molar refractivity (Wildman–Crippen MR) is 78.4 cm³/mol. The fourth-order valence-corrected chi connectivity index (χ4v) is 2.16. The summed E-state index contributed by atoms with van der Waals surface area (Å²) in [5, 5.41) is 3.74. The monoisotopic (exact) mass is 319 g/mol. The van der Waals surface area contributed by atoms with Crippen molar-refractivity contribution in [3.05, 3.63) is 65.5 Å². The topological polar surface area (TPSA) is 64.9 Å². The van der Waals surface area contributed by atoms with Crippen LogP contribution in [0.15, 0.2) is 53.1 Å². The Labute approximate surface area is 129 Å². The zero-order valence-electron chi connectivity index (χ0n) is 11.8. The van der Waals surface area contributed by atoms with Crippen LogP contribution in [-0.2, 0) is 12.6 Å². The molecule has 118 valence electrons. The van der Waals surface area contributed by atoms with E-state index in [1.165, 1.54) is 6.07 Å². The molecule has 0 fully saturated rings. The average molecular weight is 319 g/mol. The van der Waals surface area contributed by atoms with Crippen LogP contribution in [0.3, 0.4) is 0 Å². The van der Waals surface area contributed by atoms with Gasteiger partial charge in [0.2, 0.25) is 11.7 Å². The average Bonchev–Trinajstić information content (AvgIpc) is 2.95. The Balaban J connectivity index is 1.90. The quantitative estimate of drug-likeness (QED) is 0.743. The largest absolute Gasteiger partial charge is 0.416 e. The standard InChI is InChI=1S/C16H12F3N3O/c17-16(18,19)12-7-11(8-13(20)9-12)15-21-14(23-22-15)6-10-4-2-1-3-5-10/h1-5,7-9H,6,20H2. The summed E-state index contributed by atoms with van der Waals surface area (Å²) in [7, 11) is 0. The Morgan fingerprint density at radius 2 is 1.78 bits per heavy atom. The van der Waals surface area contributed by atoms with Crippen LogP contribution >= 0.6 is 0 Å². The summed E-state index contributed by atoms with van der Waals surface area (Å²) in [6.07, 6.45) is -4.08. The van der Waals surface area contributed by atoms with Crippen molar-refractivity contribution in [3.8, 4) is 11.4 Å². The van der Waals surface area contributed by atoms with E-state index in [2.05, 4.69) is 10.1 Å². The van der Waals surface area contributed by atoms with E-state index in [0.29, 0.717) is 12.3 Å². The second-order valence-corrected chi connectivity index (χ2v) is 5.02. The molecule has 0 saturated carbocycles. The van der Waals surface area contributed by atoms with Crippen LogP contribution < -0.4 is 5.73 Å². The van der Waals surface area contributed by atoms with Crippen molar-refractivity contribution in [1.29, 1.82) is 0 Å². The summed E-state index contributed by atoms with van der Waals surface area (Å²) < 4.78 is 43.6. The van der Waals surface area contributed by atoms with Crippen molar-refractivity contribution in [2.45, 2.75) is 12.6 Å². The number of nitrogens with zero attached hydrogens (tertiary/aromatic N) is 2. The maximum atomic E-state index is 12.8. The number of aromatic nitrogens is 2. The van der Waals surface area contributed by atoms with E-state index >= 15 is 0 Å². The lowest BCUT2D eigenvalue weighted by Gasteiger charge is -2.08. The Bertz CT molecular complexity index is 813. The van der Waals surface area contributed by atoms with Crippen LogP contribution in [0.1, 0.15) is 17.0 Å². The van der Waals surface area contributed by atoms with E-state index < -0.39 is 11.7 Å². The molecule has 4 nitrogen and oxygen atoms in total. The van der Waals surface area contributed by atoms with Gasteiger partial charge >= 0.3 is 6.18 Å². The molecule has 3 rings (SSSR count). The van der Waals surface area contributed by atoms with Crippen molar-refractivity contribution >= 4 is 5.69 Å². The summed E-state index contributed by atoms with van der Waals surface area (Å²) in [4.78, 5) is 4.14. The minimum atomic E-state index is -4.49. The molecule has 0 bridgehead atoms. The van der Waals surface area contributed by atoms with Gasteiger partial charge in [-0.25, -0.2) is 0 Å². The lowest BCUT2D eigenvalue weighted by molar-refractivity contribution is -0.137.